The third-order valence-electron chi connectivity index (χ3n) is 11.3. The van der Waals surface area contributed by atoms with Crippen LogP contribution >= 0.6 is 11.3 Å². The Hall–Kier alpha value is -7.86. The van der Waals surface area contributed by atoms with Crippen LogP contribution in [0.25, 0.3) is 86.6 Å². The van der Waals surface area contributed by atoms with Crippen LogP contribution in [-0.4, -0.2) is 11.7 Å². The van der Waals surface area contributed by atoms with Crippen molar-refractivity contribution < 1.29 is 4.42 Å². The molecule has 0 spiro atoms. The summed E-state index contributed by atoms with van der Waals surface area (Å²) in [6.07, 6.45) is 0. The molecule has 5 heteroatoms. The average Bonchev–Trinajstić information content (AvgIpc) is 3.92. The minimum atomic E-state index is 0.0984. The third kappa shape index (κ3) is 7.36. The van der Waals surface area contributed by atoms with Gasteiger partial charge in [-0.05, 0) is 76.2 Å². The largest absolute Gasteiger partial charge is 0.455 e. The van der Waals surface area contributed by atoms with Crippen molar-refractivity contribution in [3.05, 3.63) is 229 Å². The molecule has 0 fully saturated rings. The first kappa shape index (κ1) is 38.3. The molecular formula is C57H41N3OS. The van der Waals surface area contributed by atoms with Crippen LogP contribution in [0.4, 0.5) is 0 Å². The summed E-state index contributed by atoms with van der Waals surface area (Å²) in [6, 6.07) is 73.0. The maximum absolute atomic E-state index is 9.44. The van der Waals surface area contributed by atoms with Crippen LogP contribution < -0.4 is 5.73 Å². The number of nitrogens with two attached hydrogens (primary N) is 1. The molecule has 296 valence electrons. The second-order valence-corrected chi connectivity index (χ2v) is 16.3. The molecule has 0 aliphatic rings. The summed E-state index contributed by atoms with van der Waals surface area (Å²) < 4.78 is 8.53. The van der Waals surface area contributed by atoms with Gasteiger partial charge in [-0.25, -0.2) is 4.99 Å². The fourth-order valence-electron chi connectivity index (χ4n) is 8.22. The molecule has 11 aromatic rings. The second-order valence-electron chi connectivity index (χ2n) is 15.3. The van der Waals surface area contributed by atoms with E-state index in [9.17, 15) is 5.41 Å². The van der Waals surface area contributed by atoms with E-state index in [4.69, 9.17) is 15.1 Å². The molecule has 0 bridgehead atoms. The Kier molecular flexibility index (Phi) is 10.3. The molecule has 0 atom stereocenters. The summed E-state index contributed by atoms with van der Waals surface area (Å²) >= 11 is 1.77. The zero-order valence-electron chi connectivity index (χ0n) is 34.0. The van der Waals surface area contributed by atoms with Crippen LogP contribution in [0.3, 0.4) is 0 Å². The van der Waals surface area contributed by atoms with Crippen molar-refractivity contribution in [1.29, 1.82) is 5.41 Å². The van der Waals surface area contributed by atoms with Crippen LogP contribution in [0.15, 0.2) is 222 Å². The summed E-state index contributed by atoms with van der Waals surface area (Å²) in [4.78, 5) is 4.76. The number of benzene rings is 9. The van der Waals surface area contributed by atoms with Gasteiger partial charge in [-0.15, -0.1) is 11.3 Å². The molecule has 3 N–H and O–H groups in total. The second kappa shape index (κ2) is 16.7. The average molecular weight is 816 g/mol. The van der Waals surface area contributed by atoms with Gasteiger partial charge in [0.2, 0.25) is 0 Å². The lowest BCUT2D eigenvalue weighted by Crippen LogP contribution is -2.16. The van der Waals surface area contributed by atoms with E-state index in [0.29, 0.717) is 11.1 Å². The molecule has 0 aliphatic carbocycles. The Morgan fingerprint density at radius 2 is 1.02 bits per heavy atom. The van der Waals surface area contributed by atoms with Crippen molar-refractivity contribution in [1.82, 2.24) is 0 Å². The maximum Gasteiger partial charge on any atom is 0.154 e. The summed E-state index contributed by atoms with van der Waals surface area (Å²) in [5, 5.41) is 13.5. The van der Waals surface area contributed by atoms with Gasteiger partial charge in [0.05, 0.1) is 5.56 Å². The number of hydrogen-bond donors (Lipinski definition) is 2. The van der Waals surface area contributed by atoms with Crippen LogP contribution in [0.1, 0.15) is 16.7 Å². The molecule has 0 unspecified atom stereocenters. The first-order valence-corrected chi connectivity index (χ1v) is 21.5. The predicted octanol–water partition coefficient (Wildman–Crippen LogP) is 15.3. The maximum atomic E-state index is 9.44. The van der Waals surface area contributed by atoms with Crippen molar-refractivity contribution in [3.63, 3.8) is 0 Å². The third-order valence-corrected chi connectivity index (χ3v) is 12.6. The summed E-state index contributed by atoms with van der Waals surface area (Å²) in [5.74, 6) is 0.339. The van der Waals surface area contributed by atoms with Gasteiger partial charge in [-0.2, -0.15) is 0 Å². The van der Waals surface area contributed by atoms with Gasteiger partial charge in [-0.1, -0.05) is 188 Å². The van der Waals surface area contributed by atoms with E-state index in [1.165, 1.54) is 21.4 Å². The first-order chi connectivity index (χ1) is 30.5. The van der Waals surface area contributed by atoms with Gasteiger partial charge in [0.1, 0.15) is 17.0 Å². The van der Waals surface area contributed by atoms with Crippen molar-refractivity contribution in [3.8, 4) is 44.5 Å². The van der Waals surface area contributed by atoms with Crippen LogP contribution in [0.5, 0.6) is 0 Å². The molecule has 0 aliphatic heterocycles. The van der Waals surface area contributed by atoms with E-state index in [1.807, 2.05) is 72.8 Å². The van der Waals surface area contributed by atoms with Gasteiger partial charge in [0.25, 0.3) is 0 Å². The molecule has 0 amide bonds. The molecule has 62 heavy (non-hydrogen) atoms. The highest BCUT2D eigenvalue weighted by atomic mass is 32.1. The quantitative estimate of drug-likeness (QED) is 0.130. The predicted molar refractivity (Wildman–Crippen MR) is 264 cm³/mol. The van der Waals surface area contributed by atoms with E-state index in [2.05, 4.69) is 146 Å². The molecule has 9 aromatic carbocycles. The molecule has 4 nitrogen and oxygen atoms in total. The lowest BCUT2D eigenvalue weighted by molar-refractivity contribution is 0.668. The van der Waals surface area contributed by atoms with Crippen molar-refractivity contribution >= 4 is 65.1 Å². The van der Waals surface area contributed by atoms with E-state index >= 15 is 0 Å². The number of nitrogens with one attached hydrogen (secondary N) is 1. The number of nitrogens with zero attached hydrogens (tertiary/aromatic N) is 1. The molecule has 0 saturated heterocycles. The number of hydrogen-bond acceptors (Lipinski definition) is 3. The number of aryl methyl sites for hydroxylation is 1. The number of amidine groups is 2. The van der Waals surface area contributed by atoms with Gasteiger partial charge in [-0.3, -0.25) is 5.41 Å². The Morgan fingerprint density at radius 3 is 1.68 bits per heavy atom. The fraction of sp³-hybridized carbons (Fsp3) is 0.0175. The van der Waals surface area contributed by atoms with Crippen LogP contribution in [-0.2, 0) is 0 Å². The Balaban J connectivity index is 0.000000301. The molecule has 2 aromatic heterocycles. The highest BCUT2D eigenvalue weighted by Crippen LogP contribution is 2.47. The minimum Gasteiger partial charge on any atom is -0.455 e. The van der Waals surface area contributed by atoms with Crippen molar-refractivity contribution in [2.24, 2.45) is 10.7 Å². The normalized spacial score (nSPS) is 11.5. The highest BCUT2D eigenvalue weighted by Gasteiger charge is 2.21. The Morgan fingerprint density at radius 1 is 0.468 bits per heavy atom. The number of furan rings is 1. The van der Waals surface area contributed by atoms with E-state index in [-0.39, 0.29) is 11.7 Å². The highest BCUT2D eigenvalue weighted by molar-refractivity contribution is 7.27. The zero-order chi connectivity index (χ0) is 42.0. The van der Waals surface area contributed by atoms with Gasteiger partial charge < -0.3 is 10.2 Å². The first-order valence-electron chi connectivity index (χ1n) is 20.7. The number of rotatable bonds is 6. The Bertz CT molecular complexity index is 3410. The molecule has 2 heterocycles. The summed E-state index contributed by atoms with van der Waals surface area (Å²) in [6.45, 7) is 2.11. The van der Waals surface area contributed by atoms with E-state index in [1.54, 1.807) is 11.3 Å². The van der Waals surface area contributed by atoms with Gasteiger partial charge in [0.15, 0.2) is 5.84 Å². The van der Waals surface area contributed by atoms with Crippen molar-refractivity contribution in [2.45, 2.75) is 6.92 Å². The summed E-state index contributed by atoms with van der Waals surface area (Å²) in [5.41, 5.74) is 20.3. The molecule has 11 rings (SSSR count). The van der Waals surface area contributed by atoms with Crippen LogP contribution in [0.2, 0.25) is 0 Å². The Labute approximate surface area is 364 Å². The monoisotopic (exact) mass is 815 g/mol. The fourth-order valence-corrected chi connectivity index (χ4v) is 9.60. The standard InChI is InChI=1S/C44H29N3OS.C13H12/c45-43(47-44(46)35-21-12-20-33-32-19-10-11-22-38(32)48-40(33)35)34-24-23-31(28-15-6-2-7-16-28)42-39(34)37-26-30(27-13-4-1-5-14-27)25-36(41(37)49-42)29-17-8-3-9-18-29;1-11-7-9-13(10-8-11)12-5-3-2-4-6-12/h1-26H,(H3,45,46,47);2-10H,1H3. The van der Waals surface area contributed by atoms with E-state index in [0.717, 1.165) is 70.8 Å². The molecular weight excluding hydrogens is 775 g/mol. The van der Waals surface area contributed by atoms with Gasteiger partial charge >= 0.3 is 0 Å². The van der Waals surface area contributed by atoms with Crippen LogP contribution in [0, 0.1) is 12.3 Å². The molecule has 0 radical (unpaired) electrons. The minimum absolute atomic E-state index is 0.0984. The summed E-state index contributed by atoms with van der Waals surface area (Å²) in [7, 11) is 0. The smallest absolute Gasteiger partial charge is 0.154 e. The number of fused-ring (bicyclic) bond motifs is 6. The molecule has 0 saturated carbocycles. The SMILES string of the molecule is Cc1ccc(-c2ccccc2)cc1.N=C(N=C(N)c1cccc2c1oc1ccccc12)c1ccc(-c2ccccc2)c2sc3c(-c4ccccc4)cc(-c4ccccc4)cc3c12. The number of thiophene rings is 1. The lowest BCUT2D eigenvalue weighted by atomic mass is 9.93. The lowest BCUT2D eigenvalue weighted by Gasteiger charge is -2.11. The van der Waals surface area contributed by atoms with Crippen molar-refractivity contribution in [2.75, 3.05) is 0 Å². The zero-order valence-corrected chi connectivity index (χ0v) is 34.9. The number of aliphatic imine (C=N–C) groups is 1. The topological polar surface area (TPSA) is 75.4 Å². The number of para-hydroxylation sites is 2. The van der Waals surface area contributed by atoms with Gasteiger partial charge in [0, 0.05) is 42.1 Å². The van der Waals surface area contributed by atoms with E-state index < -0.39 is 0 Å².